The zero-order valence-corrected chi connectivity index (χ0v) is 10.6. The molecule has 0 radical (unpaired) electrons. The van der Waals surface area contributed by atoms with Gasteiger partial charge >= 0.3 is 0 Å². The summed E-state index contributed by atoms with van der Waals surface area (Å²) in [7, 11) is 0. The van der Waals surface area contributed by atoms with E-state index in [2.05, 4.69) is 13.8 Å². The number of aliphatic hydroxyl groups excluding tert-OH is 2. The molecule has 1 rings (SSSR count). The molecule has 1 heterocycles. The molecule has 96 valence electrons. The second-order valence-electron chi connectivity index (χ2n) is 5.66. The van der Waals surface area contributed by atoms with Gasteiger partial charge < -0.3 is 19.7 Å². The quantitative estimate of drug-likeness (QED) is 0.705. The molecule has 3 atom stereocenters. The summed E-state index contributed by atoms with van der Waals surface area (Å²) in [5, 5.41) is 19.4. The van der Waals surface area contributed by atoms with E-state index in [1.54, 1.807) is 0 Å². The highest BCUT2D eigenvalue weighted by Crippen LogP contribution is 2.32. The largest absolute Gasteiger partial charge is 0.367 e. The van der Waals surface area contributed by atoms with Crippen LogP contribution in [0.1, 0.15) is 40.5 Å². The standard InChI is InChI=1S/C12H24O4/c1-8(2)7-12(3,4)11(14)16-9-5-6-15-10(9)13/h8-11,13-14H,5-7H2,1-4H3/t9?,10?,11-/m1/s1. The van der Waals surface area contributed by atoms with Crippen LogP contribution in [-0.4, -0.2) is 35.5 Å². The van der Waals surface area contributed by atoms with E-state index in [1.165, 1.54) is 0 Å². The summed E-state index contributed by atoms with van der Waals surface area (Å²) in [4.78, 5) is 0. The molecule has 1 fully saturated rings. The Morgan fingerprint density at radius 3 is 2.50 bits per heavy atom. The first-order valence-electron chi connectivity index (χ1n) is 5.96. The van der Waals surface area contributed by atoms with Crippen LogP contribution in [0.15, 0.2) is 0 Å². The van der Waals surface area contributed by atoms with Crippen LogP contribution >= 0.6 is 0 Å². The van der Waals surface area contributed by atoms with Gasteiger partial charge in [0.2, 0.25) is 0 Å². The molecule has 16 heavy (non-hydrogen) atoms. The first-order valence-corrected chi connectivity index (χ1v) is 5.96. The summed E-state index contributed by atoms with van der Waals surface area (Å²) >= 11 is 0. The summed E-state index contributed by atoms with van der Waals surface area (Å²) in [5.74, 6) is 0.498. The van der Waals surface area contributed by atoms with Gasteiger partial charge in [-0.3, -0.25) is 0 Å². The monoisotopic (exact) mass is 232 g/mol. The molecule has 4 heteroatoms. The molecule has 1 aliphatic heterocycles. The zero-order chi connectivity index (χ0) is 12.3. The smallest absolute Gasteiger partial charge is 0.181 e. The number of hydrogen-bond acceptors (Lipinski definition) is 4. The summed E-state index contributed by atoms with van der Waals surface area (Å²) in [5.41, 5.74) is -0.309. The van der Waals surface area contributed by atoms with Crippen molar-refractivity contribution in [3.8, 4) is 0 Å². The lowest BCUT2D eigenvalue weighted by molar-refractivity contribution is -0.230. The third kappa shape index (κ3) is 3.70. The molecule has 1 aliphatic rings. The molecule has 0 aromatic carbocycles. The minimum Gasteiger partial charge on any atom is -0.367 e. The Labute approximate surface area is 97.6 Å². The Kier molecular flexibility index (Phi) is 4.73. The van der Waals surface area contributed by atoms with E-state index in [4.69, 9.17) is 9.47 Å². The van der Waals surface area contributed by atoms with Crippen LogP contribution in [0, 0.1) is 11.3 Å². The molecule has 1 saturated heterocycles. The van der Waals surface area contributed by atoms with Crippen molar-refractivity contribution < 1.29 is 19.7 Å². The summed E-state index contributed by atoms with van der Waals surface area (Å²) < 4.78 is 10.4. The Morgan fingerprint density at radius 2 is 2.06 bits per heavy atom. The van der Waals surface area contributed by atoms with Crippen molar-refractivity contribution in [2.24, 2.45) is 11.3 Å². The highest BCUT2D eigenvalue weighted by molar-refractivity contribution is 4.76. The van der Waals surface area contributed by atoms with Crippen molar-refractivity contribution in [2.45, 2.75) is 59.2 Å². The van der Waals surface area contributed by atoms with Gasteiger partial charge in [0.25, 0.3) is 0 Å². The molecule has 4 nitrogen and oxygen atoms in total. The Hall–Kier alpha value is -0.160. The maximum atomic E-state index is 10.0. The molecule has 0 amide bonds. The molecule has 0 aliphatic carbocycles. The Balaban J connectivity index is 2.46. The summed E-state index contributed by atoms with van der Waals surface area (Å²) in [6.45, 7) is 8.66. The predicted molar refractivity (Wildman–Crippen MR) is 60.7 cm³/mol. The van der Waals surface area contributed by atoms with Gasteiger partial charge in [-0.1, -0.05) is 27.7 Å². The molecular weight excluding hydrogens is 208 g/mol. The van der Waals surface area contributed by atoms with Crippen molar-refractivity contribution in [1.82, 2.24) is 0 Å². The van der Waals surface area contributed by atoms with E-state index < -0.39 is 18.7 Å². The summed E-state index contributed by atoms with van der Waals surface area (Å²) in [6, 6.07) is 0. The van der Waals surface area contributed by atoms with Gasteiger partial charge in [-0.15, -0.1) is 0 Å². The number of hydrogen-bond donors (Lipinski definition) is 2. The van der Waals surface area contributed by atoms with Crippen LogP contribution in [-0.2, 0) is 9.47 Å². The van der Waals surface area contributed by atoms with Crippen molar-refractivity contribution in [3.63, 3.8) is 0 Å². The molecular formula is C12H24O4. The van der Waals surface area contributed by atoms with Crippen molar-refractivity contribution in [1.29, 1.82) is 0 Å². The van der Waals surface area contributed by atoms with Gasteiger partial charge in [-0.2, -0.15) is 0 Å². The van der Waals surface area contributed by atoms with E-state index in [1.807, 2.05) is 13.8 Å². The van der Waals surface area contributed by atoms with Crippen molar-refractivity contribution in [2.75, 3.05) is 6.61 Å². The topological polar surface area (TPSA) is 58.9 Å². The number of rotatable bonds is 5. The summed E-state index contributed by atoms with van der Waals surface area (Å²) in [6.07, 6.45) is -0.657. The van der Waals surface area contributed by atoms with Crippen LogP contribution in [0.2, 0.25) is 0 Å². The Morgan fingerprint density at radius 1 is 1.44 bits per heavy atom. The van der Waals surface area contributed by atoms with Crippen molar-refractivity contribution >= 4 is 0 Å². The van der Waals surface area contributed by atoms with E-state index in [9.17, 15) is 10.2 Å². The van der Waals surface area contributed by atoms with Crippen LogP contribution in [0.5, 0.6) is 0 Å². The van der Waals surface area contributed by atoms with Gasteiger partial charge in [0.1, 0.15) is 6.10 Å². The second kappa shape index (κ2) is 5.45. The number of aliphatic hydroxyl groups is 2. The minimum absolute atomic E-state index is 0.309. The second-order valence-corrected chi connectivity index (χ2v) is 5.66. The zero-order valence-electron chi connectivity index (χ0n) is 10.6. The lowest BCUT2D eigenvalue weighted by Gasteiger charge is -2.33. The lowest BCUT2D eigenvalue weighted by Crippen LogP contribution is -2.38. The minimum atomic E-state index is -0.899. The highest BCUT2D eigenvalue weighted by atomic mass is 16.7. The third-order valence-corrected chi connectivity index (χ3v) is 2.92. The lowest BCUT2D eigenvalue weighted by atomic mass is 9.83. The van der Waals surface area contributed by atoms with Gasteiger partial charge in [0.05, 0.1) is 6.61 Å². The van der Waals surface area contributed by atoms with Crippen molar-refractivity contribution in [3.05, 3.63) is 0 Å². The fourth-order valence-corrected chi connectivity index (χ4v) is 2.19. The maximum Gasteiger partial charge on any atom is 0.181 e. The first kappa shape index (κ1) is 13.9. The van der Waals surface area contributed by atoms with Crippen LogP contribution in [0.25, 0.3) is 0 Å². The maximum absolute atomic E-state index is 10.0. The average Bonchev–Trinajstić information content (AvgIpc) is 2.49. The molecule has 0 saturated carbocycles. The van der Waals surface area contributed by atoms with Crippen LogP contribution < -0.4 is 0 Å². The van der Waals surface area contributed by atoms with E-state index in [-0.39, 0.29) is 5.41 Å². The first-order chi connectivity index (χ1) is 7.33. The van der Waals surface area contributed by atoms with Gasteiger partial charge in [0, 0.05) is 11.8 Å². The molecule has 0 spiro atoms. The third-order valence-electron chi connectivity index (χ3n) is 2.92. The van der Waals surface area contributed by atoms with E-state index in [0.717, 1.165) is 6.42 Å². The molecule has 2 N–H and O–H groups in total. The molecule has 0 aromatic heterocycles. The van der Waals surface area contributed by atoms with Gasteiger partial charge in [0.15, 0.2) is 12.6 Å². The SMILES string of the molecule is CC(C)CC(C)(C)[C@H](O)OC1CCOC1O. The fraction of sp³-hybridized carbons (Fsp3) is 1.00. The normalized spacial score (nSPS) is 28.7. The number of ether oxygens (including phenoxy) is 2. The molecule has 2 unspecified atom stereocenters. The van der Waals surface area contributed by atoms with E-state index >= 15 is 0 Å². The fourth-order valence-electron chi connectivity index (χ4n) is 2.19. The molecule has 0 bridgehead atoms. The van der Waals surface area contributed by atoms with Crippen LogP contribution in [0.3, 0.4) is 0 Å². The molecule has 0 aromatic rings. The predicted octanol–water partition coefficient (Wildman–Crippen LogP) is 1.50. The highest BCUT2D eigenvalue weighted by Gasteiger charge is 2.35. The van der Waals surface area contributed by atoms with Crippen LogP contribution in [0.4, 0.5) is 0 Å². The Bertz CT molecular complexity index is 215. The average molecular weight is 232 g/mol. The van der Waals surface area contributed by atoms with E-state index in [0.29, 0.717) is 18.9 Å². The van der Waals surface area contributed by atoms with Gasteiger partial charge in [-0.05, 0) is 12.3 Å². The van der Waals surface area contributed by atoms with Gasteiger partial charge in [-0.25, -0.2) is 0 Å².